The summed E-state index contributed by atoms with van der Waals surface area (Å²) in [5.74, 6) is 4.22. The van der Waals surface area contributed by atoms with Gasteiger partial charge in [0.05, 0.1) is 14.2 Å². The van der Waals surface area contributed by atoms with E-state index in [2.05, 4.69) is 23.6 Å². The number of ether oxygens (including phenoxy) is 2. The van der Waals surface area contributed by atoms with Gasteiger partial charge in [0.15, 0.2) is 16.6 Å². The van der Waals surface area contributed by atoms with Gasteiger partial charge < -0.3 is 20.1 Å². The SMILES string of the molecule is COc1ccc(CCNC(=S)NC(C)C2CC3CCC2C3)cc1OC. The summed E-state index contributed by atoms with van der Waals surface area (Å²) in [7, 11) is 3.32. The molecule has 0 saturated heterocycles. The molecule has 4 unspecified atom stereocenters. The second-order valence-corrected chi connectivity index (χ2v) is 7.88. The van der Waals surface area contributed by atoms with Gasteiger partial charge >= 0.3 is 0 Å². The quantitative estimate of drug-likeness (QED) is 0.726. The lowest BCUT2D eigenvalue weighted by molar-refractivity contribution is 0.278. The molecular weight excluding hydrogens is 332 g/mol. The molecule has 0 aliphatic heterocycles. The molecule has 25 heavy (non-hydrogen) atoms. The fourth-order valence-corrected chi connectivity index (χ4v) is 4.92. The Morgan fingerprint density at radius 1 is 1.20 bits per heavy atom. The molecule has 0 heterocycles. The first-order valence-electron chi connectivity index (χ1n) is 9.36. The van der Waals surface area contributed by atoms with Crippen molar-refractivity contribution in [3.8, 4) is 11.5 Å². The molecule has 5 heteroatoms. The third-order valence-corrected chi connectivity index (χ3v) is 6.20. The molecule has 2 saturated carbocycles. The van der Waals surface area contributed by atoms with E-state index in [9.17, 15) is 0 Å². The van der Waals surface area contributed by atoms with E-state index < -0.39 is 0 Å². The molecule has 4 atom stereocenters. The number of nitrogens with one attached hydrogen (secondary N) is 2. The predicted octanol–water partition coefficient (Wildman–Crippen LogP) is 3.54. The molecule has 2 aliphatic rings. The Balaban J connectivity index is 1.42. The molecule has 2 aliphatic carbocycles. The predicted molar refractivity (Wildman–Crippen MR) is 105 cm³/mol. The maximum absolute atomic E-state index is 5.49. The van der Waals surface area contributed by atoms with Crippen molar-refractivity contribution in [1.29, 1.82) is 0 Å². The Morgan fingerprint density at radius 2 is 2.00 bits per heavy atom. The van der Waals surface area contributed by atoms with Gasteiger partial charge in [-0.25, -0.2) is 0 Å². The highest BCUT2D eigenvalue weighted by molar-refractivity contribution is 7.80. The van der Waals surface area contributed by atoms with Crippen molar-refractivity contribution in [2.45, 2.75) is 45.1 Å². The van der Waals surface area contributed by atoms with Gasteiger partial charge in [-0.2, -0.15) is 0 Å². The van der Waals surface area contributed by atoms with Crippen molar-refractivity contribution in [1.82, 2.24) is 10.6 Å². The van der Waals surface area contributed by atoms with E-state index in [-0.39, 0.29) is 0 Å². The first-order chi connectivity index (χ1) is 12.1. The summed E-state index contributed by atoms with van der Waals surface area (Å²) in [6, 6.07) is 6.50. The molecule has 0 amide bonds. The Morgan fingerprint density at radius 3 is 2.64 bits per heavy atom. The summed E-state index contributed by atoms with van der Waals surface area (Å²) in [5, 5.41) is 7.63. The first-order valence-corrected chi connectivity index (χ1v) is 9.76. The standard InChI is InChI=1S/C20H30N2O2S/c1-13(17-11-15-4-6-16(17)10-15)22-20(25)21-9-8-14-5-7-18(23-2)19(12-14)24-3/h5,7,12-13,15-17H,4,6,8-11H2,1-3H3,(H2,21,22,25). The number of hydrogen-bond donors (Lipinski definition) is 2. The van der Waals surface area contributed by atoms with Gasteiger partial charge in [0.2, 0.25) is 0 Å². The monoisotopic (exact) mass is 362 g/mol. The zero-order chi connectivity index (χ0) is 17.8. The molecule has 3 rings (SSSR count). The molecule has 138 valence electrons. The molecule has 2 bridgehead atoms. The lowest BCUT2D eigenvalue weighted by Crippen LogP contribution is -2.45. The van der Waals surface area contributed by atoms with Gasteiger partial charge in [0.1, 0.15) is 0 Å². The van der Waals surface area contributed by atoms with Crippen LogP contribution in [0.4, 0.5) is 0 Å². The van der Waals surface area contributed by atoms with E-state index in [0.29, 0.717) is 6.04 Å². The van der Waals surface area contributed by atoms with E-state index in [0.717, 1.165) is 47.3 Å². The molecule has 0 spiro atoms. The number of hydrogen-bond acceptors (Lipinski definition) is 3. The average Bonchev–Trinajstić information content (AvgIpc) is 3.24. The van der Waals surface area contributed by atoms with E-state index in [4.69, 9.17) is 21.7 Å². The Kier molecular flexibility index (Phi) is 6.05. The van der Waals surface area contributed by atoms with E-state index in [1.165, 1.54) is 31.2 Å². The average molecular weight is 363 g/mol. The maximum Gasteiger partial charge on any atom is 0.166 e. The minimum atomic E-state index is 0.469. The van der Waals surface area contributed by atoms with E-state index >= 15 is 0 Å². The first kappa shape index (κ1) is 18.3. The van der Waals surface area contributed by atoms with Crippen LogP contribution in [0.2, 0.25) is 0 Å². The Hall–Kier alpha value is -1.49. The molecule has 1 aromatic rings. The molecule has 1 aromatic carbocycles. The van der Waals surface area contributed by atoms with Crippen LogP contribution in [0.1, 0.15) is 38.2 Å². The van der Waals surface area contributed by atoms with Crippen LogP contribution in [-0.4, -0.2) is 31.9 Å². The van der Waals surface area contributed by atoms with Crippen molar-refractivity contribution in [2.24, 2.45) is 17.8 Å². The van der Waals surface area contributed by atoms with E-state index in [1.807, 2.05) is 12.1 Å². The summed E-state index contributed by atoms with van der Waals surface area (Å²) in [6.07, 6.45) is 6.58. The topological polar surface area (TPSA) is 42.5 Å². The van der Waals surface area contributed by atoms with Crippen LogP contribution >= 0.6 is 12.2 Å². The molecule has 0 aromatic heterocycles. The van der Waals surface area contributed by atoms with Crippen molar-refractivity contribution >= 4 is 17.3 Å². The third kappa shape index (κ3) is 4.38. The second-order valence-electron chi connectivity index (χ2n) is 7.47. The van der Waals surface area contributed by atoms with E-state index in [1.54, 1.807) is 14.2 Å². The highest BCUT2D eigenvalue weighted by atomic mass is 32.1. The second kappa shape index (κ2) is 8.26. The van der Waals surface area contributed by atoms with Crippen molar-refractivity contribution in [3.63, 3.8) is 0 Å². The number of methoxy groups -OCH3 is 2. The number of benzene rings is 1. The highest BCUT2D eigenvalue weighted by Gasteiger charge is 2.41. The van der Waals surface area contributed by atoms with Crippen molar-refractivity contribution in [2.75, 3.05) is 20.8 Å². The molecule has 2 fully saturated rings. The minimum absolute atomic E-state index is 0.469. The molecule has 0 radical (unpaired) electrons. The van der Waals surface area contributed by atoms with Crippen LogP contribution in [0.25, 0.3) is 0 Å². The van der Waals surface area contributed by atoms with Crippen LogP contribution in [0.5, 0.6) is 11.5 Å². The van der Waals surface area contributed by atoms with Gasteiger partial charge in [-0.1, -0.05) is 12.5 Å². The summed E-state index contributed by atoms with van der Waals surface area (Å²) < 4.78 is 10.6. The van der Waals surface area contributed by atoms with Crippen molar-refractivity contribution < 1.29 is 9.47 Å². The molecular formula is C20H30N2O2S. The fraction of sp³-hybridized carbons (Fsp3) is 0.650. The Bertz CT molecular complexity index is 607. The summed E-state index contributed by atoms with van der Waals surface area (Å²) >= 11 is 5.49. The number of fused-ring (bicyclic) bond motifs is 2. The van der Waals surface area contributed by atoms with Gasteiger partial charge in [-0.15, -0.1) is 0 Å². The van der Waals surface area contributed by atoms with Crippen LogP contribution in [0.15, 0.2) is 18.2 Å². The summed E-state index contributed by atoms with van der Waals surface area (Å²) in [4.78, 5) is 0. The molecule has 4 nitrogen and oxygen atoms in total. The zero-order valence-electron chi connectivity index (χ0n) is 15.5. The van der Waals surface area contributed by atoms with Crippen LogP contribution in [-0.2, 0) is 6.42 Å². The smallest absolute Gasteiger partial charge is 0.166 e. The number of thiocarbonyl (C=S) groups is 1. The third-order valence-electron chi connectivity index (χ3n) is 5.94. The Labute approximate surface area is 156 Å². The highest BCUT2D eigenvalue weighted by Crippen LogP contribution is 2.49. The van der Waals surface area contributed by atoms with Gasteiger partial charge in [0, 0.05) is 12.6 Å². The van der Waals surface area contributed by atoms with Gasteiger partial charge in [-0.3, -0.25) is 0 Å². The maximum atomic E-state index is 5.49. The van der Waals surface area contributed by atoms with Crippen LogP contribution in [0, 0.1) is 17.8 Å². The minimum Gasteiger partial charge on any atom is -0.493 e. The lowest BCUT2D eigenvalue weighted by Gasteiger charge is -2.29. The van der Waals surface area contributed by atoms with Crippen LogP contribution in [0.3, 0.4) is 0 Å². The fourth-order valence-electron chi connectivity index (χ4n) is 4.63. The van der Waals surface area contributed by atoms with Crippen LogP contribution < -0.4 is 20.1 Å². The largest absolute Gasteiger partial charge is 0.493 e. The summed E-state index contributed by atoms with van der Waals surface area (Å²) in [6.45, 7) is 3.10. The van der Waals surface area contributed by atoms with Gasteiger partial charge in [0.25, 0.3) is 0 Å². The lowest BCUT2D eigenvalue weighted by atomic mass is 9.84. The van der Waals surface area contributed by atoms with Crippen molar-refractivity contribution in [3.05, 3.63) is 23.8 Å². The normalized spacial score (nSPS) is 25.5. The molecule has 2 N–H and O–H groups in total. The summed E-state index contributed by atoms with van der Waals surface area (Å²) in [5.41, 5.74) is 1.20. The number of rotatable bonds is 7. The van der Waals surface area contributed by atoms with Gasteiger partial charge in [-0.05, 0) is 80.3 Å². The zero-order valence-corrected chi connectivity index (χ0v) is 16.3.